The van der Waals surface area contributed by atoms with Gasteiger partial charge in [-0.15, -0.1) is 11.3 Å². The molecule has 1 aliphatic heterocycles. The van der Waals surface area contributed by atoms with Gasteiger partial charge in [0.15, 0.2) is 0 Å². The van der Waals surface area contributed by atoms with E-state index in [0.29, 0.717) is 22.6 Å². The highest BCUT2D eigenvalue weighted by molar-refractivity contribution is 9.10. The molecule has 2 aromatic carbocycles. The van der Waals surface area contributed by atoms with Crippen LogP contribution in [0.15, 0.2) is 75.6 Å². The molecule has 140 valence electrons. The summed E-state index contributed by atoms with van der Waals surface area (Å²) in [7, 11) is 0. The maximum absolute atomic E-state index is 13.1. The van der Waals surface area contributed by atoms with Crippen LogP contribution in [-0.2, 0) is 0 Å². The van der Waals surface area contributed by atoms with E-state index in [9.17, 15) is 14.9 Å². The molecule has 0 N–H and O–H groups in total. The lowest BCUT2D eigenvalue weighted by atomic mass is 9.97. The first-order chi connectivity index (χ1) is 13.5. The Hall–Kier alpha value is -2.84. The normalized spacial score (nSPS) is 16.1. The molecule has 8 heteroatoms. The highest BCUT2D eigenvalue weighted by Crippen LogP contribution is 2.38. The minimum atomic E-state index is -0.537. The molecule has 2 heterocycles. The van der Waals surface area contributed by atoms with Crippen LogP contribution >= 0.6 is 27.3 Å². The van der Waals surface area contributed by atoms with Crippen LogP contribution < -0.4 is 0 Å². The number of hydrogen-bond donors (Lipinski definition) is 0. The van der Waals surface area contributed by atoms with Crippen LogP contribution in [0.3, 0.4) is 0 Å². The first-order valence-corrected chi connectivity index (χ1v) is 10.2. The molecule has 0 radical (unpaired) electrons. The zero-order chi connectivity index (χ0) is 19.7. The number of hydrogen-bond acceptors (Lipinski definition) is 5. The Balaban J connectivity index is 1.79. The summed E-state index contributed by atoms with van der Waals surface area (Å²) in [6.45, 7) is 0. The summed E-state index contributed by atoms with van der Waals surface area (Å²) < 4.78 is 0.901. The molecule has 1 amide bonds. The lowest BCUT2D eigenvalue weighted by molar-refractivity contribution is -0.385. The van der Waals surface area contributed by atoms with Gasteiger partial charge in [0.05, 0.1) is 27.1 Å². The molecule has 3 aromatic rings. The summed E-state index contributed by atoms with van der Waals surface area (Å²) in [6.07, 6.45) is 0.401. The van der Waals surface area contributed by atoms with E-state index in [1.807, 2.05) is 29.6 Å². The van der Waals surface area contributed by atoms with Crippen molar-refractivity contribution in [3.8, 4) is 0 Å². The second-order valence-corrected chi connectivity index (χ2v) is 8.08. The zero-order valence-electron chi connectivity index (χ0n) is 14.5. The number of amides is 1. The van der Waals surface area contributed by atoms with Crippen molar-refractivity contribution in [2.75, 3.05) is 0 Å². The van der Waals surface area contributed by atoms with E-state index in [2.05, 4.69) is 21.0 Å². The van der Waals surface area contributed by atoms with Crippen molar-refractivity contribution in [3.63, 3.8) is 0 Å². The van der Waals surface area contributed by atoms with Crippen molar-refractivity contribution >= 4 is 44.6 Å². The molecule has 0 spiro atoms. The maximum Gasteiger partial charge on any atom is 0.284 e. The van der Waals surface area contributed by atoms with E-state index in [1.165, 1.54) is 22.4 Å². The molecule has 6 nitrogen and oxygen atoms in total. The quantitative estimate of drug-likeness (QED) is 0.389. The Morgan fingerprint density at radius 2 is 2.00 bits per heavy atom. The number of rotatable bonds is 4. The van der Waals surface area contributed by atoms with Crippen molar-refractivity contribution in [2.45, 2.75) is 12.5 Å². The molecule has 1 aliphatic rings. The Morgan fingerprint density at radius 3 is 2.71 bits per heavy atom. The van der Waals surface area contributed by atoms with Crippen molar-refractivity contribution in [1.29, 1.82) is 0 Å². The molecule has 0 fully saturated rings. The molecular formula is C20H14BrN3O3S. The molecule has 0 aliphatic carbocycles. The van der Waals surface area contributed by atoms with Gasteiger partial charge in [-0.3, -0.25) is 14.9 Å². The maximum atomic E-state index is 13.1. The summed E-state index contributed by atoms with van der Waals surface area (Å²) in [6, 6.07) is 17.2. The van der Waals surface area contributed by atoms with Gasteiger partial charge in [0.1, 0.15) is 0 Å². The summed E-state index contributed by atoms with van der Waals surface area (Å²) >= 11 is 4.78. The molecular weight excluding hydrogens is 442 g/mol. The van der Waals surface area contributed by atoms with Gasteiger partial charge in [0, 0.05) is 17.0 Å². The number of nitro benzene ring substituents is 1. The number of thiophene rings is 1. The van der Waals surface area contributed by atoms with E-state index in [4.69, 9.17) is 0 Å². The predicted octanol–water partition coefficient (Wildman–Crippen LogP) is 5.41. The number of carbonyl (C=O) groups is 1. The number of halogens is 1. The summed E-state index contributed by atoms with van der Waals surface area (Å²) in [5.41, 5.74) is 2.06. The van der Waals surface area contributed by atoms with E-state index in [1.54, 1.807) is 30.3 Å². The van der Waals surface area contributed by atoms with E-state index in [-0.39, 0.29) is 11.6 Å². The molecule has 1 atom stereocenters. The fourth-order valence-electron chi connectivity index (χ4n) is 3.23. The van der Waals surface area contributed by atoms with Gasteiger partial charge in [-0.2, -0.15) is 5.10 Å². The van der Waals surface area contributed by atoms with Gasteiger partial charge in [-0.05, 0) is 35.2 Å². The number of hydrazone groups is 1. The van der Waals surface area contributed by atoms with Crippen LogP contribution in [-0.4, -0.2) is 21.6 Å². The van der Waals surface area contributed by atoms with Crippen LogP contribution in [0.25, 0.3) is 0 Å². The van der Waals surface area contributed by atoms with Crippen LogP contribution in [0.2, 0.25) is 0 Å². The van der Waals surface area contributed by atoms with Crippen molar-refractivity contribution in [2.24, 2.45) is 5.10 Å². The van der Waals surface area contributed by atoms with Crippen molar-refractivity contribution in [1.82, 2.24) is 5.01 Å². The predicted molar refractivity (Wildman–Crippen MR) is 112 cm³/mol. The molecule has 0 saturated carbocycles. The Labute approximate surface area is 173 Å². The number of nitro groups is 1. The van der Waals surface area contributed by atoms with Gasteiger partial charge in [0.25, 0.3) is 11.6 Å². The van der Waals surface area contributed by atoms with Gasteiger partial charge >= 0.3 is 0 Å². The molecule has 0 unspecified atom stereocenters. The fraction of sp³-hybridized carbons (Fsp3) is 0.100. The molecule has 0 saturated heterocycles. The summed E-state index contributed by atoms with van der Waals surface area (Å²) in [5, 5.41) is 19.3. The molecule has 0 bridgehead atoms. The third-order valence-corrected chi connectivity index (χ3v) is 5.85. The average molecular weight is 456 g/mol. The SMILES string of the molecule is O=C(c1cccs1)N1N=C(c2cccc(Br)c2)C[C@H]1c1ccccc1[N+](=O)[O-]. The third kappa shape index (κ3) is 3.48. The van der Waals surface area contributed by atoms with E-state index < -0.39 is 11.0 Å². The number of para-hydroxylation sites is 1. The number of nitrogens with zero attached hydrogens (tertiary/aromatic N) is 3. The van der Waals surface area contributed by atoms with Crippen molar-refractivity contribution < 1.29 is 9.72 Å². The van der Waals surface area contributed by atoms with E-state index >= 15 is 0 Å². The average Bonchev–Trinajstić information content (AvgIpc) is 3.38. The highest BCUT2D eigenvalue weighted by Gasteiger charge is 2.37. The van der Waals surface area contributed by atoms with Crippen LogP contribution in [0, 0.1) is 10.1 Å². The van der Waals surface area contributed by atoms with Gasteiger partial charge in [-0.25, -0.2) is 5.01 Å². The fourth-order valence-corrected chi connectivity index (χ4v) is 4.29. The smallest absolute Gasteiger partial charge is 0.266 e. The number of benzene rings is 2. The lowest BCUT2D eigenvalue weighted by Crippen LogP contribution is -2.26. The van der Waals surface area contributed by atoms with Crippen LogP contribution in [0.4, 0.5) is 5.69 Å². The minimum Gasteiger partial charge on any atom is -0.266 e. The van der Waals surface area contributed by atoms with Gasteiger partial charge in [0.2, 0.25) is 0 Å². The Bertz CT molecular complexity index is 1080. The van der Waals surface area contributed by atoms with Gasteiger partial charge < -0.3 is 0 Å². The van der Waals surface area contributed by atoms with Gasteiger partial charge in [-0.1, -0.05) is 46.3 Å². The first-order valence-electron chi connectivity index (χ1n) is 8.48. The summed E-state index contributed by atoms with van der Waals surface area (Å²) in [4.78, 5) is 24.7. The standard InChI is InChI=1S/C20H14BrN3O3S/c21-14-6-3-5-13(11-14)16-12-18(15-7-1-2-8-17(15)24(26)27)23(22-16)20(25)19-9-4-10-28-19/h1-11,18H,12H2/t18-/m0/s1. The van der Waals surface area contributed by atoms with Crippen LogP contribution in [0.1, 0.15) is 33.3 Å². The van der Waals surface area contributed by atoms with Crippen LogP contribution in [0.5, 0.6) is 0 Å². The minimum absolute atomic E-state index is 0.0119. The third-order valence-electron chi connectivity index (χ3n) is 4.50. The first kappa shape index (κ1) is 18.5. The number of carbonyl (C=O) groups excluding carboxylic acids is 1. The molecule has 1 aromatic heterocycles. The lowest BCUT2D eigenvalue weighted by Gasteiger charge is -2.21. The zero-order valence-corrected chi connectivity index (χ0v) is 16.9. The molecule has 28 heavy (non-hydrogen) atoms. The summed E-state index contributed by atoms with van der Waals surface area (Å²) in [5.74, 6) is -0.261. The topological polar surface area (TPSA) is 75.8 Å². The monoisotopic (exact) mass is 455 g/mol. The second-order valence-electron chi connectivity index (χ2n) is 6.22. The van der Waals surface area contributed by atoms with E-state index in [0.717, 1.165) is 10.0 Å². The van der Waals surface area contributed by atoms with Crippen molar-refractivity contribution in [3.05, 3.63) is 96.6 Å². The second kappa shape index (κ2) is 7.65. The highest BCUT2D eigenvalue weighted by atomic mass is 79.9. The largest absolute Gasteiger partial charge is 0.284 e. The Morgan fingerprint density at radius 1 is 1.18 bits per heavy atom. The Kier molecular flexibility index (Phi) is 5.06. The molecule has 4 rings (SSSR count).